The Balaban J connectivity index is 2.18. The Morgan fingerprint density at radius 1 is 1.09 bits per heavy atom. The number of rotatable bonds is 4. The Morgan fingerprint density at radius 3 is 2.55 bits per heavy atom. The molecule has 0 fully saturated rings. The Kier molecular flexibility index (Phi) is 5.39. The average Bonchev–Trinajstić information content (AvgIpc) is 2.49. The lowest BCUT2D eigenvalue weighted by atomic mass is 10.1. The summed E-state index contributed by atoms with van der Waals surface area (Å²) < 4.78 is 11.0. The number of thiocarbonyl (C=S) groups is 1. The van der Waals surface area contributed by atoms with Crippen molar-refractivity contribution in [1.29, 1.82) is 0 Å². The van der Waals surface area contributed by atoms with Crippen LogP contribution < -0.4 is 10.1 Å². The van der Waals surface area contributed by atoms with E-state index in [9.17, 15) is 0 Å². The van der Waals surface area contributed by atoms with Gasteiger partial charge in [0.2, 0.25) is 0 Å². The predicted molar refractivity (Wildman–Crippen MR) is 94.7 cm³/mol. The van der Waals surface area contributed by atoms with Gasteiger partial charge >= 0.3 is 0 Å². The summed E-state index contributed by atoms with van der Waals surface area (Å²) in [6.07, 6.45) is 0. The van der Waals surface area contributed by atoms with Crippen LogP contribution in [0.5, 0.6) is 5.75 Å². The Bertz CT molecular complexity index is 683. The van der Waals surface area contributed by atoms with Gasteiger partial charge in [0.1, 0.15) is 12.4 Å². The molecule has 0 spiro atoms. The lowest BCUT2D eigenvalue weighted by molar-refractivity contribution is 0.304. The normalized spacial score (nSPS) is 10.2. The Labute approximate surface area is 137 Å². The van der Waals surface area contributed by atoms with Gasteiger partial charge in [0, 0.05) is 5.56 Å². The quantitative estimate of drug-likeness (QED) is 0.840. The van der Waals surface area contributed by atoms with Gasteiger partial charge in [-0.25, -0.2) is 0 Å². The molecular formula is C18H21NO2S. The first-order valence-corrected chi connectivity index (χ1v) is 7.55. The van der Waals surface area contributed by atoms with Crippen LogP contribution >= 0.6 is 12.2 Å². The number of aryl methyl sites for hydroxylation is 3. The topological polar surface area (TPSA) is 30.5 Å². The van der Waals surface area contributed by atoms with E-state index in [1.165, 1.54) is 5.56 Å². The van der Waals surface area contributed by atoms with Crippen molar-refractivity contribution < 1.29 is 9.47 Å². The molecule has 3 nitrogen and oxygen atoms in total. The van der Waals surface area contributed by atoms with Gasteiger partial charge < -0.3 is 14.8 Å². The van der Waals surface area contributed by atoms with E-state index in [0.717, 1.165) is 28.1 Å². The second-order valence-electron chi connectivity index (χ2n) is 5.28. The monoisotopic (exact) mass is 315 g/mol. The highest BCUT2D eigenvalue weighted by atomic mass is 32.1. The van der Waals surface area contributed by atoms with Crippen LogP contribution in [-0.2, 0) is 11.3 Å². The molecular weight excluding hydrogens is 294 g/mol. The number of para-hydroxylation sites is 1. The van der Waals surface area contributed by atoms with Gasteiger partial charge in [-0.2, -0.15) is 0 Å². The zero-order chi connectivity index (χ0) is 16.1. The number of anilines is 1. The molecule has 0 radical (unpaired) electrons. The molecule has 22 heavy (non-hydrogen) atoms. The molecule has 116 valence electrons. The summed E-state index contributed by atoms with van der Waals surface area (Å²) in [6.45, 7) is 6.63. The van der Waals surface area contributed by atoms with Crippen LogP contribution in [0.1, 0.15) is 22.3 Å². The zero-order valence-electron chi connectivity index (χ0n) is 13.4. The smallest absolute Gasteiger partial charge is 0.260 e. The molecule has 0 saturated carbocycles. The maximum absolute atomic E-state index is 5.96. The van der Waals surface area contributed by atoms with E-state index in [1.807, 2.05) is 31.2 Å². The number of nitrogens with one attached hydrogen (secondary N) is 1. The number of hydrogen-bond acceptors (Lipinski definition) is 3. The van der Waals surface area contributed by atoms with E-state index in [4.69, 9.17) is 21.7 Å². The van der Waals surface area contributed by atoms with Gasteiger partial charge in [0.15, 0.2) is 0 Å². The molecule has 0 unspecified atom stereocenters. The molecule has 0 heterocycles. The van der Waals surface area contributed by atoms with Crippen LogP contribution in [0, 0.1) is 20.8 Å². The fourth-order valence-corrected chi connectivity index (χ4v) is 2.40. The predicted octanol–water partition coefficient (Wildman–Crippen LogP) is 4.53. The third-order valence-electron chi connectivity index (χ3n) is 3.49. The van der Waals surface area contributed by atoms with Crippen LogP contribution in [-0.4, -0.2) is 12.3 Å². The first kappa shape index (κ1) is 16.3. The summed E-state index contributed by atoms with van der Waals surface area (Å²) in [5.41, 5.74) is 5.45. The number of ether oxygens (including phenoxy) is 2. The van der Waals surface area contributed by atoms with Crippen molar-refractivity contribution in [3.63, 3.8) is 0 Å². The van der Waals surface area contributed by atoms with Crippen molar-refractivity contribution in [2.75, 3.05) is 12.4 Å². The van der Waals surface area contributed by atoms with E-state index in [2.05, 4.69) is 31.3 Å². The molecule has 0 aliphatic carbocycles. The molecule has 2 rings (SSSR count). The summed E-state index contributed by atoms with van der Waals surface area (Å²) >= 11 is 5.10. The van der Waals surface area contributed by atoms with Crippen LogP contribution in [0.3, 0.4) is 0 Å². The molecule has 1 N–H and O–H groups in total. The van der Waals surface area contributed by atoms with Crippen LogP contribution in [0.25, 0.3) is 0 Å². The summed E-state index contributed by atoms with van der Waals surface area (Å²) in [7, 11) is 1.56. The van der Waals surface area contributed by atoms with Crippen LogP contribution in [0.2, 0.25) is 0 Å². The second kappa shape index (κ2) is 7.27. The molecule has 2 aromatic rings. The van der Waals surface area contributed by atoms with Crippen molar-refractivity contribution in [2.24, 2.45) is 0 Å². The van der Waals surface area contributed by atoms with Crippen molar-refractivity contribution in [3.05, 3.63) is 58.7 Å². The number of methoxy groups -OCH3 is 1. The standard InChI is InChI=1S/C18H21NO2S/c1-12-8-9-16(14(3)10-12)21-11-15-7-5-6-13(2)17(15)19-18(22)20-4/h5-10H,11H2,1-4H3,(H,19,22). The Morgan fingerprint density at radius 2 is 1.86 bits per heavy atom. The number of benzene rings is 2. The largest absolute Gasteiger partial charge is 0.489 e. The van der Waals surface area contributed by atoms with Crippen molar-refractivity contribution >= 4 is 23.1 Å². The minimum absolute atomic E-state index is 0.349. The summed E-state index contributed by atoms with van der Waals surface area (Å²) in [4.78, 5) is 0. The van der Waals surface area contributed by atoms with Gasteiger partial charge in [0.25, 0.3) is 5.17 Å². The molecule has 0 bridgehead atoms. The molecule has 0 amide bonds. The lowest BCUT2D eigenvalue weighted by Gasteiger charge is -2.16. The van der Waals surface area contributed by atoms with Crippen molar-refractivity contribution in [1.82, 2.24) is 0 Å². The number of hydrogen-bond donors (Lipinski definition) is 1. The zero-order valence-corrected chi connectivity index (χ0v) is 14.2. The maximum atomic E-state index is 5.96. The third-order valence-corrected chi connectivity index (χ3v) is 3.75. The lowest BCUT2D eigenvalue weighted by Crippen LogP contribution is -2.14. The van der Waals surface area contributed by atoms with Crippen LogP contribution in [0.15, 0.2) is 36.4 Å². The third kappa shape index (κ3) is 3.98. The highest BCUT2D eigenvalue weighted by Crippen LogP contribution is 2.25. The van der Waals surface area contributed by atoms with Crippen molar-refractivity contribution in [2.45, 2.75) is 27.4 Å². The van der Waals surface area contributed by atoms with Gasteiger partial charge in [-0.15, -0.1) is 0 Å². The van der Waals surface area contributed by atoms with E-state index in [0.29, 0.717) is 11.8 Å². The highest BCUT2D eigenvalue weighted by Gasteiger charge is 2.09. The van der Waals surface area contributed by atoms with E-state index < -0.39 is 0 Å². The molecule has 0 aliphatic heterocycles. The molecule has 0 aliphatic rings. The molecule has 2 aromatic carbocycles. The SMILES string of the molecule is COC(=S)Nc1c(C)cccc1COc1ccc(C)cc1C. The average molecular weight is 315 g/mol. The van der Waals surface area contributed by atoms with Gasteiger partial charge in [-0.05, 0) is 50.2 Å². The van der Waals surface area contributed by atoms with Crippen LogP contribution in [0.4, 0.5) is 5.69 Å². The molecule has 0 aromatic heterocycles. The Hall–Kier alpha value is -2.07. The minimum atomic E-state index is 0.349. The molecule has 0 atom stereocenters. The summed E-state index contributed by atoms with van der Waals surface area (Å²) in [5.74, 6) is 0.896. The van der Waals surface area contributed by atoms with Gasteiger partial charge in [-0.3, -0.25) is 0 Å². The minimum Gasteiger partial charge on any atom is -0.489 e. The van der Waals surface area contributed by atoms with Gasteiger partial charge in [0.05, 0.1) is 12.8 Å². The van der Waals surface area contributed by atoms with E-state index in [-0.39, 0.29) is 0 Å². The highest BCUT2D eigenvalue weighted by molar-refractivity contribution is 7.80. The fourth-order valence-electron chi connectivity index (χ4n) is 2.30. The van der Waals surface area contributed by atoms with E-state index >= 15 is 0 Å². The first-order valence-electron chi connectivity index (χ1n) is 7.14. The maximum Gasteiger partial charge on any atom is 0.260 e. The van der Waals surface area contributed by atoms with Crippen molar-refractivity contribution in [3.8, 4) is 5.75 Å². The summed E-state index contributed by atoms with van der Waals surface area (Å²) in [5, 5.41) is 3.47. The van der Waals surface area contributed by atoms with E-state index in [1.54, 1.807) is 7.11 Å². The first-order chi connectivity index (χ1) is 10.5. The second-order valence-corrected chi connectivity index (χ2v) is 5.65. The van der Waals surface area contributed by atoms with Gasteiger partial charge in [-0.1, -0.05) is 35.9 Å². The summed E-state index contributed by atoms with van der Waals surface area (Å²) in [6, 6.07) is 12.2. The molecule has 0 saturated heterocycles. The fraction of sp³-hybridized carbons (Fsp3) is 0.278. The molecule has 4 heteroatoms.